The van der Waals surface area contributed by atoms with Gasteiger partial charge < -0.3 is 15.0 Å². The Hall–Kier alpha value is -2.25. The van der Waals surface area contributed by atoms with Crippen molar-refractivity contribution < 1.29 is 14.3 Å². The van der Waals surface area contributed by atoms with Gasteiger partial charge in [0.2, 0.25) is 5.91 Å². The summed E-state index contributed by atoms with van der Waals surface area (Å²) in [6, 6.07) is 9.84. The highest BCUT2D eigenvalue weighted by atomic mass is 32.1. The molecule has 2 amide bonds. The Kier molecular flexibility index (Phi) is 4.03. The van der Waals surface area contributed by atoms with Crippen LogP contribution in [0, 0.1) is 0 Å². The normalized spacial score (nSPS) is 26.6. The molecule has 124 valence electrons. The van der Waals surface area contributed by atoms with Crippen molar-refractivity contribution in [2.24, 2.45) is 0 Å². The second-order valence-electron chi connectivity index (χ2n) is 5.96. The topological polar surface area (TPSA) is 71.5 Å². The minimum atomic E-state index is -0.199. The molecule has 0 spiro atoms. The fraction of sp³-hybridized carbons (Fsp3) is 0.353. The maximum Gasteiger partial charge on any atom is 0.283 e. The summed E-state index contributed by atoms with van der Waals surface area (Å²) >= 11 is 1.33. The average Bonchev–Trinajstić information content (AvgIpc) is 3.22. The number of fused-ring (bicyclic) bond motifs is 1. The molecule has 1 aromatic carbocycles. The second-order valence-corrected chi connectivity index (χ2v) is 6.85. The van der Waals surface area contributed by atoms with Crippen molar-refractivity contribution in [1.29, 1.82) is 0 Å². The van der Waals surface area contributed by atoms with Gasteiger partial charge in [-0.25, -0.2) is 4.98 Å². The predicted octanol–water partition coefficient (Wildman–Crippen LogP) is 1.27. The van der Waals surface area contributed by atoms with E-state index in [0.29, 0.717) is 18.1 Å². The molecule has 1 N–H and O–H groups in total. The highest BCUT2D eigenvalue weighted by molar-refractivity contribution is 7.11. The molecule has 3 heterocycles. The summed E-state index contributed by atoms with van der Waals surface area (Å²) in [5.74, 6) is -0.191. The minimum Gasteiger partial charge on any atom is -0.365 e. The molecule has 2 saturated heterocycles. The summed E-state index contributed by atoms with van der Waals surface area (Å²) in [6.07, 6.45) is 1.43. The monoisotopic (exact) mass is 343 g/mol. The van der Waals surface area contributed by atoms with Crippen LogP contribution in [0.15, 0.2) is 41.9 Å². The molecule has 2 aliphatic rings. The zero-order chi connectivity index (χ0) is 16.5. The predicted molar refractivity (Wildman–Crippen MR) is 88.9 cm³/mol. The van der Waals surface area contributed by atoms with E-state index in [-0.39, 0.29) is 36.5 Å². The molecule has 0 unspecified atom stereocenters. The molecule has 7 heteroatoms. The van der Waals surface area contributed by atoms with E-state index in [2.05, 4.69) is 10.3 Å². The lowest BCUT2D eigenvalue weighted by atomic mass is 9.93. The molecule has 0 aliphatic carbocycles. The van der Waals surface area contributed by atoms with Crippen molar-refractivity contribution in [2.45, 2.75) is 18.1 Å². The Labute approximate surface area is 143 Å². The van der Waals surface area contributed by atoms with Gasteiger partial charge in [0, 0.05) is 30.6 Å². The van der Waals surface area contributed by atoms with Gasteiger partial charge >= 0.3 is 0 Å². The number of nitrogens with one attached hydrogen (secondary N) is 1. The van der Waals surface area contributed by atoms with E-state index in [1.54, 1.807) is 16.5 Å². The van der Waals surface area contributed by atoms with E-state index in [1.165, 1.54) is 11.3 Å². The molecular formula is C17H17N3O3S. The molecule has 3 atom stereocenters. The number of carbonyl (C=O) groups is 2. The molecule has 0 bridgehead atoms. The molecule has 2 aromatic rings. The number of thiazole rings is 1. The van der Waals surface area contributed by atoms with Crippen LogP contribution < -0.4 is 5.32 Å². The first-order valence-corrected chi connectivity index (χ1v) is 8.75. The average molecular weight is 343 g/mol. The third-order valence-corrected chi connectivity index (χ3v) is 5.35. The van der Waals surface area contributed by atoms with Crippen molar-refractivity contribution in [2.75, 3.05) is 19.7 Å². The fourth-order valence-electron chi connectivity index (χ4n) is 3.47. The lowest BCUT2D eigenvalue weighted by Gasteiger charge is -2.25. The number of rotatable bonds is 2. The summed E-state index contributed by atoms with van der Waals surface area (Å²) in [5.41, 5.74) is 1.12. The molecular weight excluding hydrogens is 326 g/mol. The largest absolute Gasteiger partial charge is 0.365 e. The number of likely N-dealkylation sites (tertiary alicyclic amines) is 1. The first-order valence-electron chi connectivity index (χ1n) is 7.88. The van der Waals surface area contributed by atoms with E-state index >= 15 is 0 Å². The molecule has 4 rings (SSSR count). The van der Waals surface area contributed by atoms with Gasteiger partial charge in [-0.2, -0.15) is 0 Å². The van der Waals surface area contributed by atoms with Crippen LogP contribution in [0.25, 0.3) is 0 Å². The van der Waals surface area contributed by atoms with Gasteiger partial charge in [-0.05, 0) is 5.56 Å². The molecule has 0 radical (unpaired) electrons. The first kappa shape index (κ1) is 15.3. The van der Waals surface area contributed by atoms with E-state index in [1.807, 2.05) is 30.3 Å². The Morgan fingerprint density at radius 3 is 2.92 bits per heavy atom. The third-order valence-electron chi connectivity index (χ3n) is 4.59. The molecule has 24 heavy (non-hydrogen) atoms. The summed E-state index contributed by atoms with van der Waals surface area (Å²) in [4.78, 5) is 30.5. The van der Waals surface area contributed by atoms with E-state index in [4.69, 9.17) is 4.74 Å². The van der Waals surface area contributed by atoms with Crippen LogP contribution in [0.3, 0.4) is 0 Å². The van der Waals surface area contributed by atoms with Crippen molar-refractivity contribution >= 4 is 23.2 Å². The van der Waals surface area contributed by atoms with Gasteiger partial charge in [0.25, 0.3) is 5.91 Å². The summed E-state index contributed by atoms with van der Waals surface area (Å²) in [6.45, 7) is 1.00. The number of nitrogens with zero attached hydrogens (tertiary/aromatic N) is 2. The number of hydrogen-bond acceptors (Lipinski definition) is 5. The standard InChI is InChI=1S/C17H17N3O3S/c21-14-10-23-15-12(11-4-2-1-3-5-11)9-20(13(15)8-19-14)17(22)16-18-6-7-24-16/h1-7,12-13,15H,8-10H2,(H,19,21)/t12-,13-,15-/m1/s1. The van der Waals surface area contributed by atoms with E-state index in [0.717, 1.165) is 5.56 Å². The lowest BCUT2D eigenvalue weighted by molar-refractivity contribution is -0.125. The van der Waals surface area contributed by atoms with Crippen LogP contribution in [0.5, 0.6) is 0 Å². The van der Waals surface area contributed by atoms with Gasteiger partial charge in [-0.3, -0.25) is 9.59 Å². The Morgan fingerprint density at radius 2 is 2.17 bits per heavy atom. The second kappa shape index (κ2) is 6.33. The lowest BCUT2D eigenvalue weighted by Crippen LogP contribution is -2.45. The van der Waals surface area contributed by atoms with Gasteiger partial charge in [0.15, 0.2) is 5.01 Å². The minimum absolute atomic E-state index is 0.0315. The molecule has 2 fully saturated rings. The maximum absolute atomic E-state index is 12.8. The molecule has 2 aliphatic heterocycles. The fourth-order valence-corrected chi connectivity index (χ4v) is 4.06. The van der Waals surface area contributed by atoms with Crippen molar-refractivity contribution in [3.8, 4) is 0 Å². The van der Waals surface area contributed by atoms with Crippen LogP contribution in [-0.4, -0.2) is 53.5 Å². The number of carbonyl (C=O) groups excluding carboxylic acids is 2. The number of amides is 2. The van der Waals surface area contributed by atoms with Gasteiger partial charge in [-0.15, -0.1) is 11.3 Å². The van der Waals surface area contributed by atoms with Gasteiger partial charge in [0.05, 0.1) is 12.1 Å². The van der Waals surface area contributed by atoms with Crippen LogP contribution >= 0.6 is 11.3 Å². The SMILES string of the molecule is O=C1CO[C@@H]2[C@@H](c3ccccc3)CN(C(=O)c3nccs3)[C@@H]2CN1. The van der Waals surface area contributed by atoms with Crippen LogP contribution in [0.1, 0.15) is 21.3 Å². The Bertz CT molecular complexity index is 735. The third kappa shape index (κ3) is 2.70. The number of benzene rings is 1. The summed E-state index contributed by atoms with van der Waals surface area (Å²) in [5, 5.41) is 5.11. The molecule has 1 aromatic heterocycles. The Balaban J connectivity index is 1.67. The van der Waals surface area contributed by atoms with E-state index < -0.39 is 0 Å². The summed E-state index contributed by atoms with van der Waals surface area (Å²) < 4.78 is 5.88. The van der Waals surface area contributed by atoms with Crippen molar-refractivity contribution in [3.05, 3.63) is 52.5 Å². The van der Waals surface area contributed by atoms with Gasteiger partial charge in [-0.1, -0.05) is 30.3 Å². The number of hydrogen-bond donors (Lipinski definition) is 1. The highest BCUT2D eigenvalue weighted by Crippen LogP contribution is 2.36. The highest BCUT2D eigenvalue weighted by Gasteiger charge is 2.47. The van der Waals surface area contributed by atoms with Crippen LogP contribution in [0.4, 0.5) is 0 Å². The summed E-state index contributed by atoms with van der Waals surface area (Å²) in [7, 11) is 0. The molecule has 0 saturated carbocycles. The molecule has 6 nitrogen and oxygen atoms in total. The van der Waals surface area contributed by atoms with Gasteiger partial charge in [0.1, 0.15) is 6.61 Å². The van der Waals surface area contributed by atoms with Crippen molar-refractivity contribution in [1.82, 2.24) is 15.2 Å². The van der Waals surface area contributed by atoms with Crippen LogP contribution in [0.2, 0.25) is 0 Å². The Morgan fingerprint density at radius 1 is 1.33 bits per heavy atom. The van der Waals surface area contributed by atoms with Crippen LogP contribution in [-0.2, 0) is 9.53 Å². The zero-order valence-corrected chi connectivity index (χ0v) is 13.7. The number of ether oxygens (including phenoxy) is 1. The number of aromatic nitrogens is 1. The first-order chi connectivity index (χ1) is 11.7. The van der Waals surface area contributed by atoms with E-state index in [9.17, 15) is 9.59 Å². The quantitative estimate of drug-likeness (QED) is 0.891. The smallest absolute Gasteiger partial charge is 0.283 e. The zero-order valence-electron chi connectivity index (χ0n) is 12.9. The van der Waals surface area contributed by atoms with Crippen molar-refractivity contribution in [3.63, 3.8) is 0 Å². The maximum atomic E-state index is 12.8.